The predicted octanol–water partition coefficient (Wildman–Crippen LogP) is 0.467. The van der Waals surface area contributed by atoms with E-state index < -0.39 is 0 Å². The smallest absolute Gasteiger partial charge is 0.115 e. The molecule has 3 N–H and O–H groups in total. The van der Waals surface area contributed by atoms with Crippen molar-refractivity contribution in [2.24, 2.45) is 5.73 Å². The Balaban J connectivity index is 1.99. The lowest BCUT2D eigenvalue weighted by atomic mass is 10.1. The van der Waals surface area contributed by atoms with Crippen molar-refractivity contribution >= 4 is 0 Å². The van der Waals surface area contributed by atoms with Gasteiger partial charge >= 0.3 is 0 Å². The zero-order chi connectivity index (χ0) is 12.3. The number of hydrogen-bond donors (Lipinski definition) is 2. The molecule has 1 heterocycles. The van der Waals surface area contributed by atoms with Crippen LogP contribution in [0.1, 0.15) is 5.56 Å². The van der Waals surface area contributed by atoms with Crippen LogP contribution in [0.5, 0.6) is 5.75 Å². The summed E-state index contributed by atoms with van der Waals surface area (Å²) in [7, 11) is 2.14. The molecule has 0 amide bonds. The highest BCUT2D eigenvalue weighted by atomic mass is 16.3. The van der Waals surface area contributed by atoms with Gasteiger partial charge in [0.25, 0.3) is 0 Å². The summed E-state index contributed by atoms with van der Waals surface area (Å²) in [5, 5.41) is 9.26. The third kappa shape index (κ3) is 3.19. The minimum Gasteiger partial charge on any atom is -0.508 e. The lowest BCUT2D eigenvalue weighted by Gasteiger charge is -2.39. The zero-order valence-electron chi connectivity index (χ0n) is 10.3. The number of nitrogens with two attached hydrogens (primary N) is 1. The average molecular weight is 235 g/mol. The molecule has 4 nitrogen and oxygen atoms in total. The van der Waals surface area contributed by atoms with E-state index in [-0.39, 0.29) is 0 Å². The van der Waals surface area contributed by atoms with Gasteiger partial charge in [0.2, 0.25) is 0 Å². The van der Waals surface area contributed by atoms with E-state index in [1.54, 1.807) is 12.1 Å². The molecule has 2 rings (SSSR count). The third-order valence-corrected chi connectivity index (χ3v) is 3.40. The highest BCUT2D eigenvalue weighted by Crippen LogP contribution is 2.15. The van der Waals surface area contributed by atoms with Crippen LogP contribution in [0.4, 0.5) is 0 Å². The maximum atomic E-state index is 9.26. The Hall–Kier alpha value is -1.10. The molecule has 1 saturated heterocycles. The summed E-state index contributed by atoms with van der Waals surface area (Å²) >= 11 is 0. The van der Waals surface area contributed by atoms with Crippen LogP contribution in [0.3, 0.4) is 0 Å². The second-order valence-electron chi connectivity index (χ2n) is 4.79. The van der Waals surface area contributed by atoms with Crippen LogP contribution in [-0.4, -0.2) is 54.2 Å². The van der Waals surface area contributed by atoms with Gasteiger partial charge in [0.05, 0.1) is 0 Å². The average Bonchev–Trinajstić information content (AvgIpc) is 2.34. The number of rotatable bonds is 3. The van der Waals surface area contributed by atoms with Gasteiger partial charge in [0, 0.05) is 38.8 Å². The number of phenolic OH excluding ortho intramolecular Hbond substituents is 1. The van der Waals surface area contributed by atoms with Crippen molar-refractivity contribution in [3.63, 3.8) is 0 Å². The second-order valence-corrected chi connectivity index (χ2v) is 4.79. The summed E-state index contributed by atoms with van der Waals surface area (Å²) in [4.78, 5) is 4.75. The molecule has 0 aromatic heterocycles. The third-order valence-electron chi connectivity index (χ3n) is 3.40. The van der Waals surface area contributed by atoms with Gasteiger partial charge in [-0.15, -0.1) is 0 Å². The lowest BCUT2D eigenvalue weighted by Crippen LogP contribution is -2.54. The fourth-order valence-corrected chi connectivity index (χ4v) is 2.32. The predicted molar refractivity (Wildman–Crippen MR) is 68.9 cm³/mol. The largest absolute Gasteiger partial charge is 0.508 e. The van der Waals surface area contributed by atoms with Crippen LogP contribution in [0, 0.1) is 0 Å². The van der Waals surface area contributed by atoms with Gasteiger partial charge in [-0.05, 0) is 24.7 Å². The summed E-state index contributed by atoms with van der Waals surface area (Å²) < 4.78 is 0. The van der Waals surface area contributed by atoms with Crippen LogP contribution in [0.15, 0.2) is 24.3 Å². The van der Waals surface area contributed by atoms with E-state index in [0.29, 0.717) is 18.3 Å². The quantitative estimate of drug-likeness (QED) is 0.799. The first-order valence-electron chi connectivity index (χ1n) is 6.09. The van der Waals surface area contributed by atoms with Gasteiger partial charge in [-0.2, -0.15) is 0 Å². The molecule has 0 bridgehead atoms. The number of benzene rings is 1. The molecule has 4 heteroatoms. The SMILES string of the molecule is CN1CCN(Cc2ccc(O)cc2)C(CN)C1. The molecule has 1 aliphatic heterocycles. The Labute approximate surface area is 103 Å². The summed E-state index contributed by atoms with van der Waals surface area (Å²) in [5.74, 6) is 0.322. The monoisotopic (exact) mass is 235 g/mol. The van der Waals surface area contributed by atoms with Gasteiger partial charge in [0.1, 0.15) is 5.75 Å². The molecule has 1 fully saturated rings. The van der Waals surface area contributed by atoms with Crippen molar-refractivity contribution < 1.29 is 5.11 Å². The molecule has 1 aliphatic rings. The molecule has 0 spiro atoms. The number of aromatic hydroxyl groups is 1. The minimum absolute atomic E-state index is 0.322. The van der Waals surface area contributed by atoms with Crippen molar-refractivity contribution in [1.82, 2.24) is 9.80 Å². The Morgan fingerprint density at radius 2 is 2.00 bits per heavy atom. The fraction of sp³-hybridized carbons (Fsp3) is 0.538. The summed E-state index contributed by atoms with van der Waals surface area (Å²) in [5.41, 5.74) is 7.05. The number of likely N-dealkylation sites (N-methyl/N-ethyl adjacent to an activating group) is 1. The second kappa shape index (κ2) is 5.49. The van der Waals surface area contributed by atoms with E-state index in [0.717, 1.165) is 26.2 Å². The summed E-state index contributed by atoms with van der Waals surface area (Å²) in [6.45, 7) is 4.79. The maximum Gasteiger partial charge on any atom is 0.115 e. The molecule has 1 aromatic rings. The van der Waals surface area contributed by atoms with E-state index >= 15 is 0 Å². The molecule has 0 radical (unpaired) electrons. The molecule has 0 aliphatic carbocycles. The molecule has 17 heavy (non-hydrogen) atoms. The highest BCUT2D eigenvalue weighted by Gasteiger charge is 2.23. The number of piperazine rings is 1. The van der Waals surface area contributed by atoms with E-state index in [4.69, 9.17) is 5.73 Å². The van der Waals surface area contributed by atoms with Crippen molar-refractivity contribution in [2.45, 2.75) is 12.6 Å². The molecule has 1 atom stereocenters. The minimum atomic E-state index is 0.322. The van der Waals surface area contributed by atoms with E-state index in [2.05, 4.69) is 16.8 Å². The number of phenols is 1. The first-order chi connectivity index (χ1) is 8.19. The van der Waals surface area contributed by atoms with E-state index in [1.165, 1.54) is 5.56 Å². The molecular weight excluding hydrogens is 214 g/mol. The van der Waals surface area contributed by atoms with Crippen LogP contribution in [-0.2, 0) is 6.54 Å². The Morgan fingerprint density at radius 1 is 1.29 bits per heavy atom. The Kier molecular flexibility index (Phi) is 3.99. The summed E-state index contributed by atoms with van der Waals surface area (Å²) in [6.07, 6.45) is 0. The first-order valence-corrected chi connectivity index (χ1v) is 6.09. The van der Waals surface area contributed by atoms with Crippen LogP contribution < -0.4 is 5.73 Å². The normalized spacial score (nSPS) is 22.8. The molecule has 94 valence electrons. The lowest BCUT2D eigenvalue weighted by molar-refractivity contribution is 0.0881. The first kappa shape index (κ1) is 12.4. The number of nitrogens with zero attached hydrogens (tertiary/aromatic N) is 2. The molecular formula is C13H21N3O. The van der Waals surface area contributed by atoms with Crippen molar-refractivity contribution in [2.75, 3.05) is 33.2 Å². The Morgan fingerprint density at radius 3 is 2.65 bits per heavy atom. The van der Waals surface area contributed by atoms with Crippen molar-refractivity contribution in [1.29, 1.82) is 0 Å². The van der Waals surface area contributed by atoms with Crippen LogP contribution in [0.2, 0.25) is 0 Å². The highest BCUT2D eigenvalue weighted by molar-refractivity contribution is 5.25. The van der Waals surface area contributed by atoms with E-state index in [1.807, 2.05) is 12.1 Å². The standard InChI is InChI=1S/C13H21N3O/c1-15-6-7-16(12(8-14)10-15)9-11-2-4-13(17)5-3-11/h2-5,12,17H,6-10,14H2,1H3. The van der Waals surface area contributed by atoms with E-state index in [9.17, 15) is 5.11 Å². The van der Waals surface area contributed by atoms with Crippen LogP contribution >= 0.6 is 0 Å². The topological polar surface area (TPSA) is 52.7 Å². The molecule has 1 unspecified atom stereocenters. The van der Waals surface area contributed by atoms with Gasteiger partial charge < -0.3 is 15.7 Å². The maximum absolute atomic E-state index is 9.26. The van der Waals surface area contributed by atoms with Gasteiger partial charge in [-0.25, -0.2) is 0 Å². The Bertz CT molecular complexity index is 352. The van der Waals surface area contributed by atoms with Crippen LogP contribution in [0.25, 0.3) is 0 Å². The summed E-state index contributed by atoms with van der Waals surface area (Å²) in [6, 6.07) is 7.86. The fourth-order valence-electron chi connectivity index (χ4n) is 2.32. The van der Waals surface area contributed by atoms with Crippen molar-refractivity contribution in [3.05, 3.63) is 29.8 Å². The van der Waals surface area contributed by atoms with Gasteiger partial charge in [-0.1, -0.05) is 12.1 Å². The van der Waals surface area contributed by atoms with Crippen molar-refractivity contribution in [3.8, 4) is 5.75 Å². The number of hydrogen-bond acceptors (Lipinski definition) is 4. The molecule has 1 aromatic carbocycles. The van der Waals surface area contributed by atoms with Gasteiger partial charge in [-0.3, -0.25) is 4.90 Å². The van der Waals surface area contributed by atoms with Gasteiger partial charge in [0.15, 0.2) is 0 Å². The zero-order valence-corrected chi connectivity index (χ0v) is 10.3. The molecule has 0 saturated carbocycles.